The lowest BCUT2D eigenvalue weighted by atomic mass is 9.91. The molecule has 4 rings (SSSR count). The van der Waals surface area contributed by atoms with Gasteiger partial charge in [-0.05, 0) is 72.3 Å². The normalized spacial score (nSPS) is 28.8. The molecule has 2 heterocycles. The van der Waals surface area contributed by atoms with Crippen LogP contribution in [0.4, 0.5) is 5.69 Å². The van der Waals surface area contributed by atoms with Crippen molar-refractivity contribution in [3.8, 4) is 0 Å². The third-order valence-corrected chi connectivity index (χ3v) is 6.50. The van der Waals surface area contributed by atoms with Crippen LogP contribution in [-0.2, 0) is 4.79 Å². The highest BCUT2D eigenvalue weighted by atomic mass is 79.9. The Hall–Kier alpha value is -1.07. The van der Waals surface area contributed by atoms with Gasteiger partial charge < -0.3 is 15.5 Å². The monoisotopic (exact) mass is 377 g/mol. The number of carbonyl (C=O) groups excluding carboxylic acids is 1. The molecular formula is C18H24BrN3O. The molecule has 0 bridgehead atoms. The van der Waals surface area contributed by atoms with E-state index in [-0.39, 0.29) is 12.0 Å². The van der Waals surface area contributed by atoms with E-state index in [2.05, 4.69) is 49.7 Å². The minimum atomic E-state index is 0.266. The maximum absolute atomic E-state index is 12.6. The Labute approximate surface area is 146 Å². The van der Waals surface area contributed by atoms with Crippen molar-refractivity contribution in [1.29, 1.82) is 0 Å². The van der Waals surface area contributed by atoms with Crippen molar-refractivity contribution in [2.45, 2.75) is 31.7 Å². The number of benzene rings is 1. The molecule has 23 heavy (non-hydrogen) atoms. The summed E-state index contributed by atoms with van der Waals surface area (Å²) in [6.45, 7) is 4.06. The molecule has 5 heteroatoms. The Morgan fingerprint density at radius 1 is 1.30 bits per heavy atom. The fraction of sp³-hybridized carbons (Fsp3) is 0.611. The Bertz CT molecular complexity index is 600. The van der Waals surface area contributed by atoms with E-state index in [9.17, 15) is 4.79 Å². The summed E-state index contributed by atoms with van der Waals surface area (Å²) in [6, 6.07) is 8.60. The van der Waals surface area contributed by atoms with Crippen LogP contribution in [0.5, 0.6) is 0 Å². The molecule has 1 spiro atoms. The average Bonchev–Trinajstić information content (AvgIpc) is 3.04. The molecular weight excluding hydrogens is 354 g/mol. The fourth-order valence-electron chi connectivity index (χ4n) is 4.30. The highest BCUT2D eigenvalue weighted by Gasteiger charge is 2.57. The average molecular weight is 378 g/mol. The van der Waals surface area contributed by atoms with E-state index in [0.29, 0.717) is 11.3 Å². The standard InChI is InChI=1S/C18H24BrN3O/c19-15-3-1-2-4-16(15)22-10-5-13(12-22)21-17(23)14-11-18(14)6-8-20-9-7-18/h1-4,13-14,20H,5-12H2,(H,21,23). The van der Waals surface area contributed by atoms with E-state index >= 15 is 0 Å². The predicted octanol–water partition coefficient (Wildman–Crippen LogP) is 2.53. The highest BCUT2D eigenvalue weighted by molar-refractivity contribution is 9.10. The van der Waals surface area contributed by atoms with Crippen molar-refractivity contribution in [3.05, 3.63) is 28.7 Å². The van der Waals surface area contributed by atoms with Crippen molar-refractivity contribution in [2.75, 3.05) is 31.1 Å². The molecule has 2 aliphatic heterocycles. The zero-order valence-corrected chi connectivity index (χ0v) is 14.9. The second-order valence-electron chi connectivity index (χ2n) is 7.26. The van der Waals surface area contributed by atoms with Gasteiger partial charge in [-0.1, -0.05) is 12.1 Å². The number of hydrogen-bond donors (Lipinski definition) is 2. The lowest BCUT2D eigenvalue weighted by Gasteiger charge is -2.24. The number of amides is 1. The van der Waals surface area contributed by atoms with Crippen molar-refractivity contribution in [2.24, 2.45) is 11.3 Å². The molecule has 3 fully saturated rings. The van der Waals surface area contributed by atoms with Gasteiger partial charge in [0, 0.05) is 29.5 Å². The van der Waals surface area contributed by atoms with E-state index < -0.39 is 0 Å². The van der Waals surface area contributed by atoms with E-state index in [1.165, 1.54) is 18.5 Å². The van der Waals surface area contributed by atoms with Crippen LogP contribution in [0.25, 0.3) is 0 Å². The molecule has 1 saturated carbocycles. The zero-order chi connectivity index (χ0) is 15.9. The Balaban J connectivity index is 1.33. The molecule has 1 aromatic rings. The van der Waals surface area contributed by atoms with Crippen LogP contribution >= 0.6 is 15.9 Å². The summed E-state index contributed by atoms with van der Waals surface area (Å²) in [4.78, 5) is 14.9. The number of rotatable bonds is 3. The number of carbonyl (C=O) groups is 1. The van der Waals surface area contributed by atoms with Gasteiger partial charge in [0.05, 0.1) is 5.69 Å². The number of nitrogens with one attached hydrogen (secondary N) is 2. The predicted molar refractivity (Wildman–Crippen MR) is 95.5 cm³/mol. The van der Waals surface area contributed by atoms with Crippen molar-refractivity contribution in [3.63, 3.8) is 0 Å². The summed E-state index contributed by atoms with van der Waals surface area (Å²) in [7, 11) is 0. The molecule has 0 radical (unpaired) electrons. The molecule has 3 aliphatic rings. The van der Waals surface area contributed by atoms with Crippen LogP contribution in [0.1, 0.15) is 25.7 Å². The SMILES string of the molecule is O=C(NC1CCN(c2ccccc2Br)C1)C1CC12CCNCC2. The van der Waals surface area contributed by atoms with Gasteiger partial charge in [0.1, 0.15) is 0 Å². The van der Waals surface area contributed by atoms with Crippen molar-refractivity contribution >= 4 is 27.5 Å². The van der Waals surface area contributed by atoms with Gasteiger partial charge in [0.2, 0.25) is 5.91 Å². The van der Waals surface area contributed by atoms with Crippen LogP contribution < -0.4 is 15.5 Å². The van der Waals surface area contributed by atoms with Crippen LogP contribution in [0.3, 0.4) is 0 Å². The summed E-state index contributed by atoms with van der Waals surface area (Å²) >= 11 is 3.62. The van der Waals surface area contributed by atoms with Crippen molar-refractivity contribution < 1.29 is 4.79 Å². The first-order valence-electron chi connectivity index (χ1n) is 8.69. The van der Waals surface area contributed by atoms with Crippen molar-refractivity contribution in [1.82, 2.24) is 10.6 Å². The maximum atomic E-state index is 12.6. The highest BCUT2D eigenvalue weighted by Crippen LogP contribution is 2.58. The summed E-state index contributed by atoms with van der Waals surface area (Å²) < 4.78 is 1.13. The van der Waals surface area contributed by atoms with Crippen LogP contribution in [0, 0.1) is 11.3 Å². The second kappa shape index (κ2) is 6.10. The van der Waals surface area contributed by atoms with E-state index in [4.69, 9.17) is 0 Å². The maximum Gasteiger partial charge on any atom is 0.223 e. The number of halogens is 1. The van der Waals surface area contributed by atoms with E-state index in [1.54, 1.807) is 0 Å². The first kappa shape index (κ1) is 15.5. The van der Waals surface area contributed by atoms with Gasteiger partial charge in [-0.3, -0.25) is 4.79 Å². The van der Waals surface area contributed by atoms with E-state index in [1.807, 2.05) is 6.07 Å². The summed E-state index contributed by atoms with van der Waals surface area (Å²) in [5.74, 6) is 0.563. The Morgan fingerprint density at radius 3 is 2.87 bits per heavy atom. The molecule has 2 atom stereocenters. The molecule has 2 saturated heterocycles. The number of hydrogen-bond acceptors (Lipinski definition) is 3. The third kappa shape index (κ3) is 3.01. The molecule has 1 aliphatic carbocycles. The molecule has 124 valence electrons. The molecule has 2 N–H and O–H groups in total. The minimum absolute atomic E-state index is 0.266. The number of nitrogens with zero attached hydrogens (tertiary/aromatic N) is 1. The van der Waals surface area contributed by atoms with Crippen LogP contribution in [-0.4, -0.2) is 38.1 Å². The largest absolute Gasteiger partial charge is 0.368 e. The third-order valence-electron chi connectivity index (χ3n) is 5.83. The van der Waals surface area contributed by atoms with Gasteiger partial charge in [-0.2, -0.15) is 0 Å². The van der Waals surface area contributed by atoms with Gasteiger partial charge in [0.15, 0.2) is 0 Å². The summed E-state index contributed by atoms with van der Waals surface area (Å²) in [5.41, 5.74) is 1.56. The van der Waals surface area contributed by atoms with E-state index in [0.717, 1.165) is 43.5 Å². The fourth-order valence-corrected chi connectivity index (χ4v) is 4.84. The summed E-state index contributed by atoms with van der Waals surface area (Å²) in [6.07, 6.45) is 4.47. The summed E-state index contributed by atoms with van der Waals surface area (Å²) in [5, 5.41) is 6.71. The molecule has 0 aromatic heterocycles. The molecule has 1 amide bonds. The smallest absolute Gasteiger partial charge is 0.223 e. The molecule has 4 nitrogen and oxygen atoms in total. The quantitative estimate of drug-likeness (QED) is 0.850. The first-order chi connectivity index (χ1) is 11.2. The Kier molecular flexibility index (Phi) is 4.10. The van der Waals surface area contributed by atoms with Crippen LogP contribution in [0.15, 0.2) is 28.7 Å². The molecule has 1 aromatic carbocycles. The van der Waals surface area contributed by atoms with Gasteiger partial charge in [0.25, 0.3) is 0 Å². The minimum Gasteiger partial charge on any atom is -0.368 e. The number of piperidine rings is 1. The lowest BCUT2D eigenvalue weighted by molar-refractivity contribution is -0.123. The first-order valence-corrected chi connectivity index (χ1v) is 9.48. The van der Waals surface area contributed by atoms with Gasteiger partial charge in [-0.15, -0.1) is 0 Å². The number of para-hydroxylation sites is 1. The Morgan fingerprint density at radius 2 is 2.09 bits per heavy atom. The zero-order valence-electron chi connectivity index (χ0n) is 13.4. The lowest BCUT2D eigenvalue weighted by Crippen LogP contribution is -2.40. The van der Waals surface area contributed by atoms with Gasteiger partial charge in [-0.25, -0.2) is 0 Å². The topological polar surface area (TPSA) is 44.4 Å². The second-order valence-corrected chi connectivity index (χ2v) is 8.12. The molecule has 2 unspecified atom stereocenters. The van der Waals surface area contributed by atoms with Crippen LogP contribution in [0.2, 0.25) is 0 Å². The number of anilines is 1. The van der Waals surface area contributed by atoms with Gasteiger partial charge >= 0.3 is 0 Å².